The lowest BCUT2D eigenvalue weighted by molar-refractivity contribution is 0.588. The van der Waals surface area contributed by atoms with Crippen LogP contribution in [0.15, 0.2) is 30.6 Å². The molecule has 1 aromatic carbocycles. The number of rotatable bonds is 5. The highest BCUT2D eigenvalue weighted by molar-refractivity contribution is 6.31. The molecular formula is C14H17ClFN3. The molecule has 0 aliphatic heterocycles. The Bertz CT molecular complexity index is 551. The molecule has 3 nitrogen and oxygen atoms in total. The number of aromatic nitrogens is 2. The van der Waals surface area contributed by atoms with E-state index in [1.165, 1.54) is 6.07 Å². The van der Waals surface area contributed by atoms with Crippen LogP contribution in [0.5, 0.6) is 0 Å². The van der Waals surface area contributed by atoms with E-state index in [2.05, 4.69) is 24.3 Å². The molecule has 0 saturated heterocycles. The molecule has 1 aromatic heterocycles. The Hall–Kier alpha value is -1.39. The van der Waals surface area contributed by atoms with Crippen LogP contribution >= 0.6 is 11.6 Å². The second-order valence-corrected chi connectivity index (χ2v) is 5.17. The minimum absolute atomic E-state index is 0.167. The second kappa shape index (κ2) is 6.17. The molecule has 19 heavy (non-hydrogen) atoms. The smallest absolute Gasteiger partial charge is 0.142 e. The van der Waals surface area contributed by atoms with Crippen LogP contribution in [0.2, 0.25) is 5.02 Å². The third-order valence-corrected chi connectivity index (χ3v) is 3.19. The molecule has 0 spiro atoms. The van der Waals surface area contributed by atoms with Gasteiger partial charge in [-0.3, -0.25) is 4.68 Å². The Morgan fingerprint density at radius 3 is 2.95 bits per heavy atom. The summed E-state index contributed by atoms with van der Waals surface area (Å²) >= 11 is 5.92. The van der Waals surface area contributed by atoms with Crippen molar-refractivity contribution in [3.05, 3.63) is 52.6 Å². The predicted molar refractivity (Wildman–Crippen MR) is 74.7 cm³/mol. The summed E-state index contributed by atoms with van der Waals surface area (Å²) in [7, 11) is 0. The minimum Gasteiger partial charge on any atom is -0.310 e. The maximum atomic E-state index is 13.3. The number of hydrogen-bond acceptors (Lipinski definition) is 2. The van der Waals surface area contributed by atoms with Crippen molar-refractivity contribution in [3.63, 3.8) is 0 Å². The monoisotopic (exact) mass is 281 g/mol. The average Bonchev–Trinajstić information content (AvgIpc) is 2.80. The fourth-order valence-electron chi connectivity index (χ4n) is 1.75. The molecule has 0 amide bonds. The second-order valence-electron chi connectivity index (χ2n) is 4.79. The van der Waals surface area contributed by atoms with E-state index in [4.69, 9.17) is 11.6 Å². The van der Waals surface area contributed by atoms with E-state index in [1.807, 2.05) is 12.4 Å². The topological polar surface area (TPSA) is 29.9 Å². The van der Waals surface area contributed by atoms with Crippen LogP contribution in [0.1, 0.15) is 25.0 Å². The first kappa shape index (κ1) is 14.0. The van der Waals surface area contributed by atoms with E-state index in [1.54, 1.807) is 16.8 Å². The molecule has 2 rings (SSSR count). The van der Waals surface area contributed by atoms with Crippen LogP contribution in [-0.2, 0) is 13.1 Å². The molecule has 0 unspecified atom stereocenters. The average molecular weight is 282 g/mol. The molecule has 0 aliphatic carbocycles. The first-order valence-corrected chi connectivity index (χ1v) is 6.61. The summed E-state index contributed by atoms with van der Waals surface area (Å²) in [6.45, 7) is 5.43. The summed E-state index contributed by atoms with van der Waals surface area (Å²) in [6.07, 6.45) is 3.75. The standard InChI is InChI=1S/C14H17ClFN3/c1-10(2)17-6-11-7-18-19(8-11)9-12-4-3-5-13(16)14(12)15/h3-5,7-8,10,17H,6,9H2,1-2H3. The number of benzene rings is 1. The van der Waals surface area contributed by atoms with Crippen molar-refractivity contribution in [1.29, 1.82) is 0 Å². The van der Waals surface area contributed by atoms with Crippen LogP contribution in [0.3, 0.4) is 0 Å². The van der Waals surface area contributed by atoms with E-state index in [-0.39, 0.29) is 5.02 Å². The van der Waals surface area contributed by atoms with Crippen molar-refractivity contribution in [2.45, 2.75) is 33.0 Å². The molecule has 0 fully saturated rings. The number of halogens is 2. The normalized spacial score (nSPS) is 11.2. The van der Waals surface area contributed by atoms with Crippen molar-refractivity contribution in [3.8, 4) is 0 Å². The summed E-state index contributed by atoms with van der Waals surface area (Å²) < 4.78 is 15.1. The predicted octanol–water partition coefficient (Wildman–Crippen LogP) is 3.22. The molecule has 0 atom stereocenters. The van der Waals surface area contributed by atoms with Gasteiger partial charge in [0.2, 0.25) is 0 Å². The van der Waals surface area contributed by atoms with Gasteiger partial charge in [0.1, 0.15) is 5.82 Å². The van der Waals surface area contributed by atoms with Crippen molar-refractivity contribution < 1.29 is 4.39 Å². The first-order valence-electron chi connectivity index (χ1n) is 6.24. The largest absolute Gasteiger partial charge is 0.310 e. The van der Waals surface area contributed by atoms with Gasteiger partial charge >= 0.3 is 0 Å². The Balaban J connectivity index is 2.05. The molecule has 2 aromatic rings. The Labute approximate surface area is 117 Å². The third-order valence-electron chi connectivity index (χ3n) is 2.77. The van der Waals surface area contributed by atoms with Crippen LogP contribution in [-0.4, -0.2) is 15.8 Å². The van der Waals surface area contributed by atoms with E-state index >= 15 is 0 Å². The summed E-state index contributed by atoms with van der Waals surface area (Å²) in [5.41, 5.74) is 1.83. The maximum Gasteiger partial charge on any atom is 0.142 e. The zero-order chi connectivity index (χ0) is 13.8. The zero-order valence-corrected chi connectivity index (χ0v) is 11.8. The lowest BCUT2D eigenvalue weighted by Crippen LogP contribution is -2.21. The summed E-state index contributed by atoms with van der Waals surface area (Å²) in [5, 5.41) is 7.74. The third kappa shape index (κ3) is 3.78. The van der Waals surface area contributed by atoms with Crippen molar-refractivity contribution >= 4 is 11.6 Å². The van der Waals surface area contributed by atoms with Gasteiger partial charge in [0, 0.05) is 24.3 Å². The molecule has 0 bridgehead atoms. The fraction of sp³-hybridized carbons (Fsp3) is 0.357. The van der Waals surface area contributed by atoms with Crippen LogP contribution in [0.25, 0.3) is 0 Å². The van der Waals surface area contributed by atoms with Crippen molar-refractivity contribution in [1.82, 2.24) is 15.1 Å². The number of nitrogens with one attached hydrogen (secondary N) is 1. The number of nitrogens with zero attached hydrogens (tertiary/aromatic N) is 2. The van der Waals surface area contributed by atoms with Gasteiger partial charge in [0.15, 0.2) is 0 Å². The Morgan fingerprint density at radius 1 is 1.42 bits per heavy atom. The molecular weight excluding hydrogens is 265 g/mol. The minimum atomic E-state index is -0.395. The van der Waals surface area contributed by atoms with Crippen LogP contribution in [0.4, 0.5) is 4.39 Å². The van der Waals surface area contributed by atoms with Gasteiger partial charge in [0.05, 0.1) is 17.8 Å². The number of hydrogen-bond donors (Lipinski definition) is 1. The Kier molecular flexibility index (Phi) is 4.56. The van der Waals surface area contributed by atoms with Crippen molar-refractivity contribution in [2.75, 3.05) is 0 Å². The van der Waals surface area contributed by atoms with E-state index in [0.717, 1.165) is 17.7 Å². The van der Waals surface area contributed by atoms with Gasteiger partial charge in [-0.1, -0.05) is 37.6 Å². The first-order chi connectivity index (χ1) is 9.06. The molecule has 1 heterocycles. The molecule has 102 valence electrons. The summed E-state index contributed by atoms with van der Waals surface area (Å²) in [5.74, 6) is -0.395. The van der Waals surface area contributed by atoms with Gasteiger partial charge in [0.25, 0.3) is 0 Å². The van der Waals surface area contributed by atoms with Gasteiger partial charge in [-0.2, -0.15) is 5.10 Å². The lowest BCUT2D eigenvalue weighted by Gasteiger charge is -2.06. The summed E-state index contributed by atoms with van der Waals surface area (Å²) in [4.78, 5) is 0. The van der Waals surface area contributed by atoms with E-state index < -0.39 is 5.82 Å². The highest BCUT2D eigenvalue weighted by atomic mass is 35.5. The van der Waals surface area contributed by atoms with Gasteiger partial charge in [-0.25, -0.2) is 4.39 Å². The van der Waals surface area contributed by atoms with Gasteiger partial charge in [-0.15, -0.1) is 0 Å². The zero-order valence-electron chi connectivity index (χ0n) is 11.0. The highest BCUT2D eigenvalue weighted by Crippen LogP contribution is 2.20. The van der Waals surface area contributed by atoms with Crippen LogP contribution in [0, 0.1) is 5.82 Å². The molecule has 0 saturated carbocycles. The van der Waals surface area contributed by atoms with E-state index in [0.29, 0.717) is 12.6 Å². The maximum absolute atomic E-state index is 13.3. The molecule has 0 radical (unpaired) electrons. The lowest BCUT2D eigenvalue weighted by atomic mass is 10.2. The van der Waals surface area contributed by atoms with Gasteiger partial charge < -0.3 is 5.32 Å². The fourth-order valence-corrected chi connectivity index (χ4v) is 1.94. The molecule has 0 aliphatic rings. The highest BCUT2D eigenvalue weighted by Gasteiger charge is 2.07. The quantitative estimate of drug-likeness (QED) is 0.912. The van der Waals surface area contributed by atoms with E-state index in [9.17, 15) is 4.39 Å². The summed E-state index contributed by atoms with van der Waals surface area (Å²) in [6, 6.07) is 5.24. The SMILES string of the molecule is CC(C)NCc1cnn(Cc2cccc(F)c2Cl)c1. The van der Waals surface area contributed by atoms with Gasteiger partial charge in [-0.05, 0) is 11.6 Å². The Morgan fingerprint density at radius 2 is 2.21 bits per heavy atom. The molecule has 5 heteroatoms. The van der Waals surface area contributed by atoms with Crippen molar-refractivity contribution in [2.24, 2.45) is 0 Å². The van der Waals surface area contributed by atoms with Crippen LogP contribution < -0.4 is 5.32 Å². The molecule has 1 N–H and O–H groups in total.